The lowest BCUT2D eigenvalue weighted by Crippen LogP contribution is -2.28. The maximum absolute atomic E-state index is 5.83. The van der Waals surface area contributed by atoms with Gasteiger partial charge in [0.15, 0.2) is 5.82 Å². The molecule has 20 heavy (non-hydrogen) atoms. The van der Waals surface area contributed by atoms with Crippen LogP contribution in [0, 0.1) is 3.57 Å². The van der Waals surface area contributed by atoms with E-state index in [1.807, 2.05) is 0 Å². The number of rotatable bonds is 6. The average molecular weight is 389 g/mol. The van der Waals surface area contributed by atoms with Gasteiger partial charge in [-0.25, -0.2) is 9.97 Å². The zero-order valence-electron chi connectivity index (χ0n) is 12.6. The SMILES string of the molecule is CCCNc1nc(C2(OC)CCCC2)nc(CC)c1I. The van der Waals surface area contributed by atoms with Gasteiger partial charge in [-0.1, -0.05) is 13.8 Å². The summed E-state index contributed by atoms with van der Waals surface area (Å²) in [5, 5.41) is 3.43. The van der Waals surface area contributed by atoms with E-state index >= 15 is 0 Å². The monoisotopic (exact) mass is 389 g/mol. The van der Waals surface area contributed by atoms with E-state index in [1.165, 1.54) is 12.8 Å². The van der Waals surface area contributed by atoms with E-state index in [-0.39, 0.29) is 5.60 Å². The Morgan fingerprint density at radius 1 is 1.25 bits per heavy atom. The molecule has 0 unspecified atom stereocenters. The van der Waals surface area contributed by atoms with Crippen LogP contribution in [0.25, 0.3) is 0 Å². The summed E-state index contributed by atoms with van der Waals surface area (Å²) in [7, 11) is 1.79. The van der Waals surface area contributed by atoms with Gasteiger partial charge in [-0.05, 0) is 61.1 Å². The molecule has 0 amide bonds. The van der Waals surface area contributed by atoms with E-state index in [9.17, 15) is 0 Å². The van der Waals surface area contributed by atoms with Gasteiger partial charge in [0.25, 0.3) is 0 Å². The normalized spacial score (nSPS) is 17.4. The van der Waals surface area contributed by atoms with Crippen molar-refractivity contribution in [3.05, 3.63) is 15.1 Å². The molecule has 1 saturated carbocycles. The van der Waals surface area contributed by atoms with Gasteiger partial charge < -0.3 is 10.1 Å². The molecular weight excluding hydrogens is 365 g/mol. The lowest BCUT2D eigenvalue weighted by Gasteiger charge is -2.27. The highest BCUT2D eigenvalue weighted by molar-refractivity contribution is 14.1. The van der Waals surface area contributed by atoms with Crippen LogP contribution in [0.3, 0.4) is 0 Å². The van der Waals surface area contributed by atoms with Crippen molar-refractivity contribution in [1.29, 1.82) is 0 Å². The second-order valence-electron chi connectivity index (χ2n) is 5.34. The van der Waals surface area contributed by atoms with Gasteiger partial charge in [-0.3, -0.25) is 0 Å². The van der Waals surface area contributed by atoms with E-state index in [2.05, 4.69) is 41.8 Å². The van der Waals surface area contributed by atoms with Crippen molar-refractivity contribution in [2.75, 3.05) is 19.0 Å². The van der Waals surface area contributed by atoms with Gasteiger partial charge in [-0.15, -0.1) is 0 Å². The summed E-state index contributed by atoms with van der Waals surface area (Å²) in [5.41, 5.74) is 0.856. The second kappa shape index (κ2) is 7.02. The molecule has 1 aliphatic carbocycles. The van der Waals surface area contributed by atoms with E-state index in [4.69, 9.17) is 14.7 Å². The van der Waals surface area contributed by atoms with Crippen LogP contribution in [0.4, 0.5) is 5.82 Å². The van der Waals surface area contributed by atoms with Gasteiger partial charge in [0.2, 0.25) is 0 Å². The second-order valence-corrected chi connectivity index (χ2v) is 6.42. The van der Waals surface area contributed by atoms with Crippen LogP contribution in [-0.2, 0) is 16.8 Å². The fourth-order valence-corrected chi connectivity index (χ4v) is 3.57. The van der Waals surface area contributed by atoms with E-state index in [0.717, 1.165) is 53.1 Å². The Morgan fingerprint density at radius 3 is 2.50 bits per heavy atom. The summed E-state index contributed by atoms with van der Waals surface area (Å²) in [6.45, 7) is 5.25. The third-order valence-corrected chi connectivity index (χ3v) is 5.14. The topological polar surface area (TPSA) is 47.0 Å². The minimum atomic E-state index is -0.267. The number of anilines is 1. The van der Waals surface area contributed by atoms with Crippen LogP contribution in [-0.4, -0.2) is 23.6 Å². The zero-order valence-corrected chi connectivity index (χ0v) is 14.8. The molecule has 1 fully saturated rings. The van der Waals surface area contributed by atoms with Crippen molar-refractivity contribution >= 4 is 28.4 Å². The average Bonchev–Trinajstić information content (AvgIpc) is 2.96. The Hall–Kier alpha value is -0.430. The molecule has 0 saturated heterocycles. The van der Waals surface area contributed by atoms with Crippen molar-refractivity contribution in [3.8, 4) is 0 Å². The Balaban J connectivity index is 2.42. The number of aryl methyl sites for hydroxylation is 1. The molecule has 1 N–H and O–H groups in total. The quantitative estimate of drug-likeness (QED) is 0.751. The number of ether oxygens (including phenoxy) is 1. The standard InChI is InChI=1S/C15H24IN3O/c1-4-10-17-13-12(16)11(5-2)18-14(19-13)15(20-3)8-6-7-9-15/h4-10H2,1-3H3,(H,17,18,19). The number of hydrogen-bond acceptors (Lipinski definition) is 4. The van der Waals surface area contributed by atoms with Gasteiger partial charge in [0.05, 0.1) is 9.26 Å². The molecular formula is C15H24IN3O. The summed E-state index contributed by atoms with van der Waals surface area (Å²) in [6, 6.07) is 0. The number of nitrogens with one attached hydrogen (secondary N) is 1. The number of hydrogen-bond donors (Lipinski definition) is 1. The van der Waals surface area contributed by atoms with E-state index in [0.29, 0.717) is 0 Å². The Kier molecular flexibility index (Phi) is 5.60. The minimum Gasteiger partial charge on any atom is -0.370 e. The molecule has 1 aromatic rings. The molecule has 0 bridgehead atoms. The van der Waals surface area contributed by atoms with Gasteiger partial charge in [0.1, 0.15) is 11.4 Å². The maximum Gasteiger partial charge on any atom is 0.162 e. The zero-order chi connectivity index (χ0) is 14.6. The molecule has 1 aromatic heterocycles. The molecule has 2 rings (SSSR count). The van der Waals surface area contributed by atoms with Gasteiger partial charge in [-0.2, -0.15) is 0 Å². The summed E-state index contributed by atoms with van der Waals surface area (Å²) in [6.07, 6.45) is 6.46. The summed E-state index contributed by atoms with van der Waals surface area (Å²) >= 11 is 2.35. The summed E-state index contributed by atoms with van der Waals surface area (Å²) < 4.78 is 6.97. The first-order chi connectivity index (χ1) is 9.66. The third-order valence-electron chi connectivity index (χ3n) is 4.01. The first-order valence-electron chi connectivity index (χ1n) is 7.52. The Morgan fingerprint density at radius 2 is 1.95 bits per heavy atom. The highest BCUT2D eigenvalue weighted by Gasteiger charge is 2.39. The molecule has 0 aliphatic heterocycles. The molecule has 5 heteroatoms. The molecule has 4 nitrogen and oxygen atoms in total. The maximum atomic E-state index is 5.83. The van der Waals surface area contributed by atoms with Crippen LogP contribution in [0.2, 0.25) is 0 Å². The highest BCUT2D eigenvalue weighted by Crippen LogP contribution is 2.40. The number of aromatic nitrogens is 2. The van der Waals surface area contributed by atoms with E-state index in [1.54, 1.807) is 7.11 Å². The fourth-order valence-electron chi connectivity index (χ4n) is 2.76. The number of halogens is 1. The predicted molar refractivity (Wildman–Crippen MR) is 90.1 cm³/mol. The predicted octanol–water partition coefficient (Wildman–Crippen LogP) is 3.88. The highest BCUT2D eigenvalue weighted by atomic mass is 127. The number of nitrogens with zero attached hydrogens (tertiary/aromatic N) is 2. The minimum absolute atomic E-state index is 0.267. The van der Waals surface area contributed by atoms with Crippen molar-refractivity contribution in [2.24, 2.45) is 0 Å². The molecule has 0 aromatic carbocycles. The van der Waals surface area contributed by atoms with Crippen LogP contribution < -0.4 is 5.32 Å². The van der Waals surface area contributed by atoms with Crippen LogP contribution in [0.15, 0.2) is 0 Å². The van der Waals surface area contributed by atoms with Crippen molar-refractivity contribution < 1.29 is 4.74 Å². The van der Waals surface area contributed by atoms with Gasteiger partial charge in [0, 0.05) is 13.7 Å². The van der Waals surface area contributed by atoms with Crippen LogP contribution in [0.1, 0.15) is 57.5 Å². The molecule has 0 atom stereocenters. The van der Waals surface area contributed by atoms with E-state index < -0.39 is 0 Å². The fraction of sp³-hybridized carbons (Fsp3) is 0.733. The van der Waals surface area contributed by atoms with Crippen LogP contribution in [0.5, 0.6) is 0 Å². The van der Waals surface area contributed by atoms with Crippen LogP contribution >= 0.6 is 22.6 Å². The molecule has 1 heterocycles. The Labute approximate surface area is 135 Å². The van der Waals surface area contributed by atoms with Crippen molar-refractivity contribution in [2.45, 2.75) is 58.0 Å². The van der Waals surface area contributed by atoms with Crippen molar-refractivity contribution in [1.82, 2.24) is 9.97 Å². The molecule has 112 valence electrons. The molecule has 0 spiro atoms. The Bertz CT molecular complexity index is 459. The lowest BCUT2D eigenvalue weighted by atomic mass is 10.0. The summed E-state index contributed by atoms with van der Waals surface area (Å²) in [4.78, 5) is 9.59. The number of methoxy groups -OCH3 is 1. The molecule has 0 radical (unpaired) electrons. The van der Waals surface area contributed by atoms with Crippen molar-refractivity contribution in [3.63, 3.8) is 0 Å². The van der Waals surface area contributed by atoms with Gasteiger partial charge >= 0.3 is 0 Å². The first kappa shape index (κ1) is 15.9. The third kappa shape index (κ3) is 3.08. The smallest absolute Gasteiger partial charge is 0.162 e. The summed E-state index contributed by atoms with van der Waals surface area (Å²) in [5.74, 6) is 1.84. The largest absolute Gasteiger partial charge is 0.370 e. The molecule has 1 aliphatic rings. The lowest BCUT2D eigenvalue weighted by molar-refractivity contribution is -0.0163. The first-order valence-corrected chi connectivity index (χ1v) is 8.60.